The molecule has 1 aliphatic rings. The van der Waals surface area contributed by atoms with E-state index < -0.39 is 16.2 Å². The maximum absolute atomic E-state index is 13.6. The molecule has 0 saturated heterocycles. The molecular weight excluding hydrogens is 468 g/mol. The Labute approximate surface area is 204 Å². The van der Waals surface area contributed by atoms with E-state index in [2.05, 4.69) is 5.32 Å². The number of hydrogen-bond acceptors (Lipinski definition) is 4. The molecule has 5 rings (SSSR count). The molecule has 0 aliphatic carbocycles. The highest BCUT2D eigenvalue weighted by Gasteiger charge is 2.38. The third-order valence-electron chi connectivity index (χ3n) is 5.78. The number of hydrogen-bond donors (Lipinski definition) is 1. The summed E-state index contributed by atoms with van der Waals surface area (Å²) in [4.78, 5) is 0.280. The zero-order valence-corrected chi connectivity index (χ0v) is 19.8. The fourth-order valence-electron chi connectivity index (χ4n) is 4.01. The Morgan fingerprint density at radius 1 is 0.824 bits per heavy atom. The van der Waals surface area contributed by atoms with E-state index >= 15 is 0 Å². The summed E-state index contributed by atoms with van der Waals surface area (Å²) in [7, 11) is -3.71. The molecule has 0 amide bonds. The van der Waals surface area contributed by atoms with Gasteiger partial charge in [0.2, 0.25) is 10.0 Å². The van der Waals surface area contributed by atoms with Crippen molar-refractivity contribution in [1.82, 2.24) is 4.31 Å². The van der Waals surface area contributed by atoms with Crippen molar-refractivity contribution in [3.8, 4) is 5.75 Å². The number of para-hydroxylation sites is 1. The number of sulfonamides is 1. The van der Waals surface area contributed by atoms with Gasteiger partial charge in [-0.15, -0.1) is 0 Å². The summed E-state index contributed by atoms with van der Waals surface area (Å²) in [5, 5.41) is 4.07. The van der Waals surface area contributed by atoms with Gasteiger partial charge in [-0.2, -0.15) is 4.31 Å². The van der Waals surface area contributed by atoms with Gasteiger partial charge in [-0.05, 0) is 41.5 Å². The highest BCUT2D eigenvalue weighted by Crippen LogP contribution is 2.39. The van der Waals surface area contributed by atoms with Crippen LogP contribution in [0.5, 0.6) is 5.75 Å². The smallest absolute Gasteiger partial charge is 0.247 e. The molecule has 0 bridgehead atoms. The van der Waals surface area contributed by atoms with Crippen LogP contribution in [-0.4, -0.2) is 12.7 Å². The maximum atomic E-state index is 13.6. The number of fused-ring (bicyclic) bond motifs is 1. The molecule has 1 aliphatic heterocycles. The van der Waals surface area contributed by atoms with Crippen molar-refractivity contribution in [3.63, 3.8) is 0 Å². The summed E-state index contributed by atoms with van der Waals surface area (Å²) in [6.07, 6.45) is -0.558. The van der Waals surface area contributed by atoms with Crippen LogP contribution in [0, 0.1) is 0 Å². The van der Waals surface area contributed by atoms with E-state index in [9.17, 15) is 8.42 Å². The predicted molar refractivity (Wildman–Crippen MR) is 134 cm³/mol. The minimum Gasteiger partial charge on any atom is -0.489 e. The Hall–Kier alpha value is -3.32. The van der Waals surface area contributed by atoms with Crippen LogP contribution < -0.4 is 10.1 Å². The van der Waals surface area contributed by atoms with E-state index in [0.29, 0.717) is 23.1 Å². The molecule has 1 N–H and O–H groups in total. The van der Waals surface area contributed by atoms with Crippen LogP contribution in [0.2, 0.25) is 5.02 Å². The second-order valence-electron chi connectivity index (χ2n) is 8.03. The Balaban J connectivity index is 1.44. The summed E-state index contributed by atoms with van der Waals surface area (Å²) in [6.45, 7) is 0.600. The minimum absolute atomic E-state index is 0.250. The van der Waals surface area contributed by atoms with Crippen LogP contribution in [0.3, 0.4) is 0 Å². The van der Waals surface area contributed by atoms with Crippen molar-refractivity contribution in [2.45, 2.75) is 24.2 Å². The second-order valence-corrected chi connectivity index (χ2v) is 10.3. The SMILES string of the molecule is O=S1(=O)c2ccccc2N[C@@H](c2ccc(OCc3ccccc3Cl)cc2)N1Cc1ccccc1. The van der Waals surface area contributed by atoms with Crippen molar-refractivity contribution in [1.29, 1.82) is 0 Å². The van der Waals surface area contributed by atoms with Gasteiger partial charge >= 0.3 is 0 Å². The molecule has 172 valence electrons. The molecule has 0 saturated carbocycles. The zero-order valence-electron chi connectivity index (χ0n) is 18.3. The fourth-order valence-corrected chi connectivity index (χ4v) is 5.88. The van der Waals surface area contributed by atoms with Gasteiger partial charge in [0.05, 0.1) is 5.69 Å². The lowest BCUT2D eigenvalue weighted by Gasteiger charge is -2.37. The first-order valence-corrected chi connectivity index (χ1v) is 12.7. The second kappa shape index (κ2) is 9.50. The van der Waals surface area contributed by atoms with E-state index in [0.717, 1.165) is 16.7 Å². The van der Waals surface area contributed by atoms with Crippen molar-refractivity contribution in [2.24, 2.45) is 0 Å². The summed E-state index contributed by atoms with van der Waals surface area (Å²) in [6, 6.07) is 31.6. The number of ether oxygens (including phenoxy) is 1. The molecule has 7 heteroatoms. The zero-order chi connectivity index (χ0) is 23.5. The summed E-state index contributed by atoms with van der Waals surface area (Å²) in [5.41, 5.74) is 3.23. The van der Waals surface area contributed by atoms with Crippen LogP contribution in [0.15, 0.2) is 108 Å². The molecule has 4 aromatic rings. The molecule has 0 spiro atoms. The van der Waals surface area contributed by atoms with Crippen LogP contribution in [0.1, 0.15) is 22.9 Å². The van der Waals surface area contributed by atoms with Gasteiger partial charge in [-0.1, -0.05) is 84.4 Å². The fraction of sp³-hybridized carbons (Fsp3) is 0.111. The Morgan fingerprint density at radius 2 is 1.50 bits per heavy atom. The minimum atomic E-state index is -3.71. The largest absolute Gasteiger partial charge is 0.489 e. The Kier molecular flexibility index (Phi) is 6.28. The lowest BCUT2D eigenvalue weighted by Crippen LogP contribution is -2.42. The molecule has 0 fully saturated rings. The third-order valence-corrected chi connectivity index (χ3v) is 8.02. The highest BCUT2D eigenvalue weighted by molar-refractivity contribution is 7.89. The maximum Gasteiger partial charge on any atom is 0.247 e. The number of benzene rings is 4. The van der Waals surface area contributed by atoms with Gasteiger partial charge in [-0.3, -0.25) is 0 Å². The van der Waals surface area contributed by atoms with Crippen molar-refractivity contribution in [2.75, 3.05) is 5.32 Å². The first-order chi connectivity index (χ1) is 16.5. The Morgan fingerprint density at radius 3 is 2.26 bits per heavy atom. The first kappa shape index (κ1) is 22.5. The standard InChI is InChI=1S/C27H23ClN2O3S/c28-24-11-5-4-10-22(24)19-33-23-16-14-21(15-17-23)27-29-25-12-6-7-13-26(25)34(31,32)30(27)18-20-8-2-1-3-9-20/h1-17,27,29H,18-19H2/t27-/m1/s1. The average Bonchev–Trinajstić information content (AvgIpc) is 2.86. The van der Waals surface area contributed by atoms with Crippen molar-refractivity contribution in [3.05, 3.63) is 125 Å². The summed E-state index contributed by atoms with van der Waals surface area (Å²) >= 11 is 6.22. The highest BCUT2D eigenvalue weighted by atomic mass is 35.5. The van der Waals surface area contributed by atoms with Gasteiger partial charge in [-0.25, -0.2) is 8.42 Å². The molecule has 1 heterocycles. The van der Waals surface area contributed by atoms with Gasteiger partial charge in [0.15, 0.2) is 0 Å². The van der Waals surface area contributed by atoms with E-state index in [1.165, 1.54) is 4.31 Å². The first-order valence-electron chi connectivity index (χ1n) is 10.9. The normalized spacial score (nSPS) is 16.9. The van der Waals surface area contributed by atoms with Crippen LogP contribution in [0.25, 0.3) is 0 Å². The number of nitrogens with one attached hydrogen (secondary N) is 1. The molecular formula is C27H23ClN2O3S. The van der Waals surface area contributed by atoms with Crippen LogP contribution >= 0.6 is 11.6 Å². The Bertz CT molecular complexity index is 1390. The van der Waals surface area contributed by atoms with E-state index in [1.54, 1.807) is 18.2 Å². The third kappa shape index (κ3) is 4.53. The monoisotopic (exact) mass is 490 g/mol. The van der Waals surface area contributed by atoms with E-state index in [1.807, 2.05) is 84.9 Å². The van der Waals surface area contributed by atoms with Crippen molar-refractivity contribution >= 4 is 27.3 Å². The molecule has 34 heavy (non-hydrogen) atoms. The summed E-state index contributed by atoms with van der Waals surface area (Å²) < 4.78 is 34.6. The number of halogens is 1. The molecule has 5 nitrogen and oxygen atoms in total. The predicted octanol–water partition coefficient (Wildman–Crippen LogP) is 6.23. The lowest BCUT2D eigenvalue weighted by molar-refractivity contribution is 0.305. The quantitative estimate of drug-likeness (QED) is 0.348. The molecule has 0 aromatic heterocycles. The van der Waals surface area contributed by atoms with Crippen LogP contribution in [0.4, 0.5) is 5.69 Å². The van der Waals surface area contributed by atoms with E-state index in [4.69, 9.17) is 16.3 Å². The van der Waals surface area contributed by atoms with Crippen LogP contribution in [-0.2, 0) is 23.2 Å². The average molecular weight is 491 g/mol. The van der Waals surface area contributed by atoms with Gasteiger partial charge in [0.1, 0.15) is 23.4 Å². The summed E-state index contributed by atoms with van der Waals surface area (Å²) in [5.74, 6) is 0.678. The molecule has 4 aromatic carbocycles. The number of anilines is 1. The number of rotatable bonds is 6. The molecule has 1 atom stereocenters. The molecule has 0 unspecified atom stereocenters. The lowest BCUT2D eigenvalue weighted by atomic mass is 10.1. The van der Waals surface area contributed by atoms with E-state index in [-0.39, 0.29) is 11.4 Å². The molecule has 0 radical (unpaired) electrons. The van der Waals surface area contributed by atoms with Gasteiger partial charge < -0.3 is 10.1 Å². The van der Waals surface area contributed by atoms with Gasteiger partial charge in [0, 0.05) is 17.1 Å². The van der Waals surface area contributed by atoms with Gasteiger partial charge in [0.25, 0.3) is 0 Å². The topological polar surface area (TPSA) is 58.6 Å². The van der Waals surface area contributed by atoms with Crippen molar-refractivity contribution < 1.29 is 13.2 Å². The number of nitrogens with zero attached hydrogens (tertiary/aromatic N) is 1.